The number of aromatic carboxylic acids is 1. The summed E-state index contributed by atoms with van der Waals surface area (Å²) in [6, 6.07) is 5.54. The second-order valence-corrected chi connectivity index (χ2v) is 3.90. The summed E-state index contributed by atoms with van der Waals surface area (Å²) in [5.74, 6) is -1.13. The van der Waals surface area contributed by atoms with Crippen LogP contribution in [0.25, 0.3) is 10.9 Å². The molecule has 2 aromatic rings. The van der Waals surface area contributed by atoms with E-state index in [1.54, 1.807) is 19.0 Å². The topological polar surface area (TPSA) is 53.4 Å². The highest BCUT2D eigenvalue weighted by molar-refractivity contribution is 5.98. The Hall–Kier alpha value is -2.17. The number of carboxylic acid groups (broad SMARTS) is 1. The summed E-state index contributed by atoms with van der Waals surface area (Å²) >= 11 is 0. The number of hydrogen-bond acceptors (Lipinski definition) is 3. The van der Waals surface area contributed by atoms with E-state index in [-0.39, 0.29) is 5.56 Å². The molecule has 0 aliphatic heterocycles. The Labute approximate surface area is 97.3 Å². The number of fused-ring (bicyclic) bond motifs is 1. The average Bonchev–Trinajstić information content (AvgIpc) is 2.26. The van der Waals surface area contributed by atoms with Gasteiger partial charge >= 0.3 is 5.97 Å². The zero-order chi connectivity index (χ0) is 12.6. The van der Waals surface area contributed by atoms with Crippen LogP contribution >= 0.6 is 0 Å². The lowest BCUT2D eigenvalue weighted by molar-refractivity contribution is 0.0697. The van der Waals surface area contributed by atoms with Crippen molar-refractivity contribution in [2.45, 2.75) is 0 Å². The van der Waals surface area contributed by atoms with E-state index < -0.39 is 11.8 Å². The molecule has 1 heterocycles. The van der Waals surface area contributed by atoms with E-state index in [1.807, 2.05) is 0 Å². The zero-order valence-electron chi connectivity index (χ0n) is 9.44. The first-order valence-electron chi connectivity index (χ1n) is 5.00. The molecule has 0 aliphatic rings. The summed E-state index contributed by atoms with van der Waals surface area (Å²) < 4.78 is 13.0. The van der Waals surface area contributed by atoms with Crippen molar-refractivity contribution < 1.29 is 14.3 Å². The number of carboxylic acids is 1. The van der Waals surface area contributed by atoms with Crippen LogP contribution in [0.5, 0.6) is 0 Å². The normalized spacial score (nSPS) is 10.5. The molecule has 0 fully saturated rings. The lowest BCUT2D eigenvalue weighted by Crippen LogP contribution is -2.15. The highest BCUT2D eigenvalue weighted by Crippen LogP contribution is 2.23. The van der Waals surface area contributed by atoms with Gasteiger partial charge in [-0.1, -0.05) is 0 Å². The molecule has 0 unspecified atom stereocenters. The number of nitrogens with zero attached hydrogens (tertiary/aromatic N) is 2. The molecule has 2 rings (SSSR count). The lowest BCUT2D eigenvalue weighted by Gasteiger charge is -2.14. The third-order valence-electron chi connectivity index (χ3n) is 2.41. The molecule has 5 heteroatoms. The van der Waals surface area contributed by atoms with Crippen LogP contribution in [0.1, 0.15) is 10.4 Å². The van der Waals surface area contributed by atoms with E-state index in [9.17, 15) is 9.18 Å². The maximum absolute atomic E-state index is 13.0. The zero-order valence-corrected chi connectivity index (χ0v) is 9.44. The standard InChI is InChI=1S/C12H11FN2O2/c1-15(2)11-9(12(16)17)6-7-5-8(13)3-4-10(7)14-11/h3-6H,1-2H3,(H,16,17). The number of aromatic nitrogens is 1. The van der Waals surface area contributed by atoms with Crippen LogP contribution in [0.2, 0.25) is 0 Å². The largest absolute Gasteiger partial charge is 0.478 e. The van der Waals surface area contributed by atoms with Crippen molar-refractivity contribution in [3.63, 3.8) is 0 Å². The first kappa shape index (κ1) is 11.3. The minimum absolute atomic E-state index is 0.0631. The molecular weight excluding hydrogens is 223 g/mol. The molecular formula is C12H11FN2O2. The summed E-state index contributed by atoms with van der Waals surface area (Å²) in [4.78, 5) is 16.9. The Morgan fingerprint density at radius 3 is 2.65 bits per heavy atom. The number of anilines is 1. The van der Waals surface area contributed by atoms with Crippen LogP contribution < -0.4 is 4.90 Å². The minimum atomic E-state index is -1.08. The molecule has 4 nitrogen and oxygen atoms in total. The van der Waals surface area contributed by atoms with Crippen molar-refractivity contribution in [1.29, 1.82) is 0 Å². The number of carbonyl (C=O) groups is 1. The van der Waals surface area contributed by atoms with Crippen molar-refractivity contribution in [3.8, 4) is 0 Å². The smallest absolute Gasteiger partial charge is 0.339 e. The molecule has 1 aromatic carbocycles. The van der Waals surface area contributed by atoms with Gasteiger partial charge in [0.05, 0.1) is 5.52 Å². The first-order chi connectivity index (χ1) is 7.99. The molecule has 1 N–H and O–H groups in total. The molecule has 0 amide bonds. The van der Waals surface area contributed by atoms with E-state index in [1.165, 1.54) is 24.3 Å². The summed E-state index contributed by atoms with van der Waals surface area (Å²) in [6.07, 6.45) is 0. The summed E-state index contributed by atoms with van der Waals surface area (Å²) in [6.45, 7) is 0. The van der Waals surface area contributed by atoms with Crippen molar-refractivity contribution >= 4 is 22.7 Å². The third-order valence-corrected chi connectivity index (χ3v) is 2.41. The monoisotopic (exact) mass is 234 g/mol. The van der Waals surface area contributed by atoms with Gasteiger partial charge in [-0.2, -0.15) is 0 Å². The Bertz CT molecular complexity index is 596. The highest BCUT2D eigenvalue weighted by atomic mass is 19.1. The second kappa shape index (κ2) is 4.01. The maximum atomic E-state index is 13.0. The van der Waals surface area contributed by atoms with E-state index in [2.05, 4.69) is 4.98 Å². The fraction of sp³-hybridized carbons (Fsp3) is 0.167. The van der Waals surface area contributed by atoms with Crippen LogP contribution in [0.15, 0.2) is 24.3 Å². The Morgan fingerprint density at radius 1 is 1.35 bits per heavy atom. The molecule has 0 aliphatic carbocycles. The summed E-state index contributed by atoms with van der Waals surface area (Å²) in [5.41, 5.74) is 0.633. The molecule has 0 bridgehead atoms. The number of halogens is 1. The number of rotatable bonds is 2. The van der Waals surface area contributed by atoms with Crippen LogP contribution in [0.4, 0.5) is 10.2 Å². The molecule has 0 radical (unpaired) electrons. The number of pyridine rings is 1. The van der Waals surface area contributed by atoms with E-state index in [0.717, 1.165) is 0 Å². The SMILES string of the molecule is CN(C)c1nc2ccc(F)cc2cc1C(=O)O. The lowest BCUT2D eigenvalue weighted by atomic mass is 10.1. The van der Waals surface area contributed by atoms with Crippen LogP contribution in [-0.4, -0.2) is 30.2 Å². The maximum Gasteiger partial charge on any atom is 0.339 e. The van der Waals surface area contributed by atoms with Crippen molar-refractivity contribution in [3.05, 3.63) is 35.6 Å². The van der Waals surface area contributed by atoms with Gasteiger partial charge in [-0.25, -0.2) is 14.2 Å². The number of benzene rings is 1. The van der Waals surface area contributed by atoms with Gasteiger partial charge in [0.2, 0.25) is 0 Å². The van der Waals surface area contributed by atoms with E-state index >= 15 is 0 Å². The van der Waals surface area contributed by atoms with Gasteiger partial charge in [0.25, 0.3) is 0 Å². The quantitative estimate of drug-likeness (QED) is 0.864. The highest BCUT2D eigenvalue weighted by Gasteiger charge is 2.14. The minimum Gasteiger partial charge on any atom is -0.478 e. The molecule has 17 heavy (non-hydrogen) atoms. The first-order valence-corrected chi connectivity index (χ1v) is 5.00. The van der Waals surface area contributed by atoms with Gasteiger partial charge in [0.15, 0.2) is 0 Å². The van der Waals surface area contributed by atoms with Gasteiger partial charge in [-0.05, 0) is 24.3 Å². The van der Waals surface area contributed by atoms with E-state index in [0.29, 0.717) is 16.7 Å². The van der Waals surface area contributed by atoms with Crippen molar-refractivity contribution in [2.24, 2.45) is 0 Å². The predicted octanol–water partition coefficient (Wildman–Crippen LogP) is 2.14. The Balaban J connectivity index is 2.77. The second-order valence-electron chi connectivity index (χ2n) is 3.90. The van der Waals surface area contributed by atoms with Crippen LogP contribution in [-0.2, 0) is 0 Å². The average molecular weight is 234 g/mol. The Morgan fingerprint density at radius 2 is 2.06 bits per heavy atom. The van der Waals surface area contributed by atoms with Gasteiger partial charge < -0.3 is 10.0 Å². The van der Waals surface area contributed by atoms with Gasteiger partial charge in [0, 0.05) is 19.5 Å². The molecule has 0 saturated carbocycles. The molecule has 88 valence electrons. The summed E-state index contributed by atoms with van der Waals surface area (Å²) in [5, 5.41) is 9.56. The fourth-order valence-corrected chi connectivity index (χ4v) is 1.64. The van der Waals surface area contributed by atoms with Gasteiger partial charge in [-0.15, -0.1) is 0 Å². The van der Waals surface area contributed by atoms with Gasteiger partial charge in [-0.3, -0.25) is 0 Å². The Kier molecular flexibility index (Phi) is 2.67. The van der Waals surface area contributed by atoms with Gasteiger partial charge in [0.1, 0.15) is 17.2 Å². The molecule has 0 atom stereocenters. The molecule has 0 spiro atoms. The van der Waals surface area contributed by atoms with Crippen LogP contribution in [0.3, 0.4) is 0 Å². The van der Waals surface area contributed by atoms with Crippen molar-refractivity contribution in [2.75, 3.05) is 19.0 Å². The van der Waals surface area contributed by atoms with Crippen LogP contribution in [0, 0.1) is 5.82 Å². The fourth-order valence-electron chi connectivity index (χ4n) is 1.64. The number of hydrogen-bond donors (Lipinski definition) is 1. The summed E-state index contributed by atoms with van der Waals surface area (Å²) in [7, 11) is 3.42. The third kappa shape index (κ3) is 2.04. The molecule has 1 aromatic heterocycles. The van der Waals surface area contributed by atoms with E-state index in [4.69, 9.17) is 5.11 Å². The molecule has 0 saturated heterocycles. The van der Waals surface area contributed by atoms with Crippen molar-refractivity contribution in [1.82, 2.24) is 4.98 Å². The predicted molar refractivity (Wildman–Crippen MR) is 63.0 cm³/mol.